The highest BCUT2D eigenvalue weighted by Crippen LogP contribution is 2.38. The minimum Gasteiger partial charge on any atom is -0.343 e. The van der Waals surface area contributed by atoms with Gasteiger partial charge in [-0.3, -0.25) is 9.59 Å². The largest absolute Gasteiger partial charge is 0.343 e. The van der Waals surface area contributed by atoms with Crippen LogP contribution in [0.5, 0.6) is 0 Å². The normalized spacial score (nSPS) is 28.8. The summed E-state index contributed by atoms with van der Waals surface area (Å²) in [6.07, 6.45) is 4.70. The average Bonchev–Trinajstić information content (AvgIpc) is 3.18. The lowest BCUT2D eigenvalue weighted by Gasteiger charge is -2.43. The Labute approximate surface area is 109 Å². The van der Waals surface area contributed by atoms with Crippen LogP contribution in [-0.4, -0.2) is 34.8 Å². The molecule has 0 aromatic carbocycles. The molecule has 4 nitrogen and oxygen atoms in total. The molecule has 1 heterocycles. The maximum absolute atomic E-state index is 12.5. The van der Waals surface area contributed by atoms with Crippen LogP contribution in [-0.2, 0) is 9.59 Å². The van der Waals surface area contributed by atoms with Crippen LogP contribution >= 0.6 is 0 Å². The van der Waals surface area contributed by atoms with Gasteiger partial charge in [-0.2, -0.15) is 0 Å². The molecule has 0 spiro atoms. The fraction of sp³-hybridized carbons (Fsp3) is 0.857. The Balaban J connectivity index is 2.26. The van der Waals surface area contributed by atoms with Crippen molar-refractivity contribution in [3.05, 3.63) is 0 Å². The van der Waals surface area contributed by atoms with Crippen LogP contribution in [0.2, 0.25) is 0 Å². The summed E-state index contributed by atoms with van der Waals surface area (Å²) < 4.78 is 0. The van der Waals surface area contributed by atoms with Crippen molar-refractivity contribution in [1.82, 2.24) is 10.2 Å². The molecule has 2 rings (SSSR count). The zero-order chi connectivity index (χ0) is 13.3. The van der Waals surface area contributed by atoms with Gasteiger partial charge in [0.05, 0.1) is 0 Å². The van der Waals surface area contributed by atoms with Gasteiger partial charge < -0.3 is 10.2 Å². The summed E-state index contributed by atoms with van der Waals surface area (Å²) in [5, 5.41) is 2.89. The number of carbonyl (C=O) groups is 2. The van der Waals surface area contributed by atoms with Gasteiger partial charge in [-0.15, -0.1) is 0 Å². The molecular weight excluding hydrogens is 228 g/mol. The second-order valence-corrected chi connectivity index (χ2v) is 5.47. The van der Waals surface area contributed by atoms with Crippen molar-refractivity contribution in [2.45, 2.75) is 71.0 Å². The van der Waals surface area contributed by atoms with E-state index in [4.69, 9.17) is 0 Å². The molecule has 2 atom stereocenters. The second kappa shape index (κ2) is 5.29. The molecule has 0 radical (unpaired) electrons. The van der Waals surface area contributed by atoms with Crippen molar-refractivity contribution >= 4 is 11.8 Å². The van der Waals surface area contributed by atoms with E-state index in [1.807, 2.05) is 11.8 Å². The monoisotopic (exact) mass is 252 g/mol. The van der Waals surface area contributed by atoms with Gasteiger partial charge in [-0.1, -0.05) is 20.8 Å². The molecule has 102 valence electrons. The zero-order valence-electron chi connectivity index (χ0n) is 11.6. The van der Waals surface area contributed by atoms with Crippen molar-refractivity contribution in [3.8, 4) is 0 Å². The number of nitrogens with one attached hydrogen (secondary N) is 1. The summed E-state index contributed by atoms with van der Waals surface area (Å²) in [7, 11) is 0. The van der Waals surface area contributed by atoms with Crippen LogP contribution in [0.25, 0.3) is 0 Å². The van der Waals surface area contributed by atoms with E-state index >= 15 is 0 Å². The fourth-order valence-electron chi connectivity index (χ4n) is 2.98. The standard InChI is InChI=1S/C14H24N2O2/c1-4-10(5-2)16-12(9-7-8-9)13(17)15-11(6-3)14(16)18/h9-12H,4-8H2,1-3H3,(H,15,17). The number of carbonyl (C=O) groups excluding carboxylic acids is 2. The van der Waals surface area contributed by atoms with Crippen LogP contribution in [0.3, 0.4) is 0 Å². The molecule has 1 saturated carbocycles. The Morgan fingerprint density at radius 2 is 1.83 bits per heavy atom. The van der Waals surface area contributed by atoms with Crippen LogP contribution in [0, 0.1) is 5.92 Å². The molecule has 1 aliphatic heterocycles. The predicted octanol–water partition coefficient (Wildman–Crippen LogP) is 1.69. The molecule has 1 saturated heterocycles. The molecule has 4 heteroatoms. The van der Waals surface area contributed by atoms with E-state index in [2.05, 4.69) is 19.2 Å². The molecule has 0 bridgehead atoms. The molecule has 0 aromatic rings. The van der Waals surface area contributed by atoms with Gasteiger partial charge in [0.2, 0.25) is 11.8 Å². The molecule has 2 amide bonds. The summed E-state index contributed by atoms with van der Waals surface area (Å²) in [6.45, 7) is 6.14. The number of amides is 2. The molecular formula is C14H24N2O2. The third kappa shape index (κ3) is 2.25. The summed E-state index contributed by atoms with van der Waals surface area (Å²) in [4.78, 5) is 26.7. The molecule has 0 aromatic heterocycles. The Morgan fingerprint density at radius 3 is 2.28 bits per heavy atom. The average molecular weight is 252 g/mol. The van der Waals surface area contributed by atoms with Crippen LogP contribution < -0.4 is 5.32 Å². The maximum Gasteiger partial charge on any atom is 0.246 e. The first-order chi connectivity index (χ1) is 8.63. The molecule has 18 heavy (non-hydrogen) atoms. The lowest BCUT2D eigenvalue weighted by molar-refractivity contribution is -0.153. The Morgan fingerprint density at radius 1 is 1.22 bits per heavy atom. The van der Waals surface area contributed by atoms with Gasteiger partial charge in [0, 0.05) is 6.04 Å². The maximum atomic E-state index is 12.5. The van der Waals surface area contributed by atoms with Crippen LogP contribution in [0.15, 0.2) is 0 Å². The van der Waals surface area contributed by atoms with Gasteiger partial charge in [-0.25, -0.2) is 0 Å². The third-order valence-corrected chi connectivity index (χ3v) is 4.25. The number of hydrogen-bond donors (Lipinski definition) is 1. The van der Waals surface area contributed by atoms with E-state index in [9.17, 15) is 9.59 Å². The van der Waals surface area contributed by atoms with Crippen LogP contribution in [0.4, 0.5) is 0 Å². The van der Waals surface area contributed by atoms with Crippen molar-refractivity contribution in [3.63, 3.8) is 0 Å². The second-order valence-electron chi connectivity index (χ2n) is 5.47. The highest BCUT2D eigenvalue weighted by Gasteiger charge is 2.48. The Kier molecular flexibility index (Phi) is 3.93. The van der Waals surface area contributed by atoms with Gasteiger partial charge in [0.1, 0.15) is 12.1 Å². The molecule has 2 aliphatic rings. The van der Waals surface area contributed by atoms with Gasteiger partial charge in [0.25, 0.3) is 0 Å². The quantitative estimate of drug-likeness (QED) is 0.809. The number of hydrogen-bond acceptors (Lipinski definition) is 2. The molecule has 1 aliphatic carbocycles. The minimum atomic E-state index is -0.312. The highest BCUT2D eigenvalue weighted by atomic mass is 16.2. The SMILES string of the molecule is CCC1NC(=O)C(C2CC2)N(C(CC)CC)C1=O. The lowest BCUT2D eigenvalue weighted by atomic mass is 9.97. The van der Waals surface area contributed by atoms with Gasteiger partial charge in [-0.05, 0) is 38.0 Å². The van der Waals surface area contributed by atoms with Crippen LogP contribution in [0.1, 0.15) is 52.9 Å². The van der Waals surface area contributed by atoms with Crippen molar-refractivity contribution < 1.29 is 9.59 Å². The van der Waals surface area contributed by atoms with Crippen molar-refractivity contribution in [2.75, 3.05) is 0 Å². The van der Waals surface area contributed by atoms with E-state index < -0.39 is 0 Å². The highest BCUT2D eigenvalue weighted by molar-refractivity contribution is 5.97. The predicted molar refractivity (Wildman–Crippen MR) is 69.9 cm³/mol. The first kappa shape index (κ1) is 13.4. The molecule has 1 N–H and O–H groups in total. The first-order valence-electron chi connectivity index (χ1n) is 7.26. The Bertz CT molecular complexity index is 335. The third-order valence-electron chi connectivity index (χ3n) is 4.25. The molecule has 2 unspecified atom stereocenters. The molecule has 2 fully saturated rings. The van der Waals surface area contributed by atoms with E-state index in [0.29, 0.717) is 12.3 Å². The van der Waals surface area contributed by atoms with Crippen molar-refractivity contribution in [2.24, 2.45) is 5.92 Å². The lowest BCUT2D eigenvalue weighted by Crippen LogP contribution is -2.66. The number of rotatable bonds is 5. The minimum absolute atomic E-state index is 0.0656. The Hall–Kier alpha value is -1.06. The van der Waals surface area contributed by atoms with Crippen molar-refractivity contribution in [1.29, 1.82) is 0 Å². The topological polar surface area (TPSA) is 49.4 Å². The summed E-state index contributed by atoms with van der Waals surface area (Å²) in [5.74, 6) is 0.589. The van der Waals surface area contributed by atoms with E-state index in [1.54, 1.807) is 0 Å². The summed E-state index contributed by atoms with van der Waals surface area (Å²) in [5.41, 5.74) is 0. The van der Waals surface area contributed by atoms with E-state index in [0.717, 1.165) is 25.7 Å². The number of nitrogens with zero attached hydrogens (tertiary/aromatic N) is 1. The van der Waals surface area contributed by atoms with E-state index in [1.165, 1.54) is 0 Å². The van der Waals surface area contributed by atoms with Gasteiger partial charge in [0.15, 0.2) is 0 Å². The first-order valence-corrected chi connectivity index (χ1v) is 7.26. The zero-order valence-corrected chi connectivity index (χ0v) is 11.6. The summed E-state index contributed by atoms with van der Waals surface area (Å²) in [6, 6.07) is -0.304. The van der Waals surface area contributed by atoms with E-state index in [-0.39, 0.29) is 29.9 Å². The smallest absolute Gasteiger partial charge is 0.246 e. The van der Waals surface area contributed by atoms with Gasteiger partial charge >= 0.3 is 0 Å². The fourth-order valence-corrected chi connectivity index (χ4v) is 2.98. The number of piperazine rings is 1. The summed E-state index contributed by atoms with van der Waals surface area (Å²) >= 11 is 0.